The molecule has 0 atom stereocenters. The van der Waals surface area contributed by atoms with Crippen molar-refractivity contribution in [3.05, 3.63) is 185 Å². The monoisotopic (exact) mass is 833 g/mol. The molecule has 7 aromatic carbocycles. The molecule has 7 heteroatoms. The van der Waals surface area contributed by atoms with Crippen molar-refractivity contribution >= 4 is 22.1 Å². The molecular weight excluding hydrogens is 783 g/mol. The lowest BCUT2D eigenvalue weighted by molar-refractivity contribution is 0.865. The van der Waals surface area contributed by atoms with Crippen LogP contribution >= 0.6 is 0 Å². The van der Waals surface area contributed by atoms with Gasteiger partial charge in [-0.25, -0.2) is 24.9 Å². The number of fused-ring (bicyclic) bond motifs is 2. The first-order valence-corrected chi connectivity index (χ1v) is 22.2. The summed E-state index contributed by atoms with van der Waals surface area (Å²) in [5.41, 5.74) is 18.1. The van der Waals surface area contributed by atoms with E-state index < -0.39 is 0 Å². The largest absolute Gasteiger partial charge is 0.292 e. The third-order valence-corrected chi connectivity index (χ3v) is 12.3. The molecule has 0 amide bonds. The van der Waals surface area contributed by atoms with E-state index in [0.29, 0.717) is 29.3 Å². The van der Waals surface area contributed by atoms with Gasteiger partial charge >= 0.3 is 0 Å². The third-order valence-electron chi connectivity index (χ3n) is 12.3. The van der Waals surface area contributed by atoms with Crippen LogP contribution in [0.15, 0.2) is 152 Å². The van der Waals surface area contributed by atoms with Gasteiger partial charge in [-0.15, -0.1) is 0 Å². The van der Waals surface area contributed by atoms with E-state index in [1.54, 1.807) is 0 Å². The minimum absolute atomic E-state index is 0.452. The van der Waals surface area contributed by atoms with Crippen molar-refractivity contribution in [3.8, 4) is 68.3 Å². The highest BCUT2D eigenvalue weighted by Crippen LogP contribution is 2.36. The lowest BCUT2D eigenvalue weighted by atomic mass is 10.0. The van der Waals surface area contributed by atoms with Gasteiger partial charge in [0.25, 0.3) is 0 Å². The molecule has 0 unspecified atom stereocenters. The van der Waals surface area contributed by atoms with Gasteiger partial charge in [0, 0.05) is 39.2 Å². The number of hydrogen-bond acceptors (Lipinski definition) is 5. The first-order chi connectivity index (χ1) is 31.0. The Morgan fingerprint density at radius 2 is 0.781 bits per heavy atom. The van der Waals surface area contributed by atoms with Gasteiger partial charge in [0.2, 0.25) is 0 Å². The summed E-state index contributed by atoms with van der Waals surface area (Å²) in [7, 11) is 0. The average Bonchev–Trinajstić information content (AvgIpc) is 3.88. The van der Waals surface area contributed by atoms with E-state index >= 15 is 0 Å². The summed E-state index contributed by atoms with van der Waals surface area (Å²) in [5, 5.41) is 0. The van der Waals surface area contributed by atoms with Crippen molar-refractivity contribution in [1.82, 2.24) is 34.1 Å². The smallest absolute Gasteiger partial charge is 0.164 e. The molecule has 0 bridgehead atoms. The van der Waals surface area contributed by atoms with Gasteiger partial charge in [0.1, 0.15) is 11.6 Å². The van der Waals surface area contributed by atoms with Gasteiger partial charge < -0.3 is 0 Å². The Balaban J connectivity index is 1.08. The predicted octanol–water partition coefficient (Wildman–Crippen LogP) is 14.4. The van der Waals surface area contributed by atoms with Crippen LogP contribution in [0, 0.1) is 27.7 Å². The summed E-state index contributed by atoms with van der Waals surface area (Å²) in [6.07, 6.45) is 0. The summed E-state index contributed by atoms with van der Waals surface area (Å²) in [6, 6.07) is 53.8. The van der Waals surface area contributed by atoms with Crippen molar-refractivity contribution in [1.29, 1.82) is 0 Å². The molecule has 0 spiro atoms. The maximum Gasteiger partial charge on any atom is 0.164 e. The second kappa shape index (κ2) is 16.3. The number of para-hydroxylation sites is 4. The Morgan fingerprint density at radius 1 is 0.375 bits per heavy atom. The Labute approximate surface area is 375 Å². The maximum atomic E-state index is 5.25. The highest BCUT2D eigenvalue weighted by Gasteiger charge is 2.21. The van der Waals surface area contributed by atoms with Crippen LogP contribution in [0.1, 0.15) is 72.9 Å². The molecule has 0 aliphatic rings. The van der Waals surface area contributed by atoms with E-state index in [4.69, 9.17) is 24.9 Å². The van der Waals surface area contributed by atoms with Gasteiger partial charge in [-0.2, -0.15) is 0 Å². The summed E-state index contributed by atoms with van der Waals surface area (Å²) >= 11 is 0. The van der Waals surface area contributed by atoms with Crippen molar-refractivity contribution in [2.45, 2.75) is 67.2 Å². The number of benzene rings is 7. The summed E-state index contributed by atoms with van der Waals surface area (Å²) in [5.74, 6) is 4.55. The van der Waals surface area contributed by atoms with Crippen molar-refractivity contribution in [3.63, 3.8) is 0 Å². The van der Waals surface area contributed by atoms with E-state index in [-0.39, 0.29) is 0 Å². The standard InChI is InChI=1S/C57H51N7/c1-34(2)40-17-23-45(24-18-40)63-51-15-11-9-13-49(51)58-56(63)42-21-27-47(38(7)32-42)54-60-53(44-30-36(5)29-37(6)31-44)61-55(62-54)48-28-22-43(33-39(48)8)57-59-50-14-10-12-16-52(50)64(57)46-25-19-41(20-26-46)35(3)4/h9-35H,1-8H3. The molecule has 3 aromatic heterocycles. The van der Waals surface area contributed by atoms with Gasteiger partial charge in [0.05, 0.1) is 22.1 Å². The molecule has 0 radical (unpaired) electrons. The Bertz CT molecular complexity index is 3150. The van der Waals surface area contributed by atoms with Crippen molar-refractivity contribution in [2.75, 3.05) is 0 Å². The first kappa shape index (κ1) is 40.6. The second-order valence-corrected chi connectivity index (χ2v) is 17.8. The zero-order chi connectivity index (χ0) is 44.2. The Hall–Kier alpha value is -7.51. The zero-order valence-corrected chi connectivity index (χ0v) is 37.7. The number of aromatic nitrogens is 7. The molecule has 64 heavy (non-hydrogen) atoms. The normalized spacial score (nSPS) is 11.7. The topological polar surface area (TPSA) is 74.3 Å². The molecule has 7 nitrogen and oxygen atoms in total. The molecule has 0 aliphatic heterocycles. The van der Waals surface area contributed by atoms with Crippen LogP contribution in [0.4, 0.5) is 0 Å². The van der Waals surface area contributed by atoms with E-state index in [9.17, 15) is 0 Å². The van der Waals surface area contributed by atoms with E-state index in [0.717, 1.165) is 95.2 Å². The van der Waals surface area contributed by atoms with Crippen molar-refractivity contribution < 1.29 is 0 Å². The lowest BCUT2D eigenvalue weighted by Crippen LogP contribution is -2.03. The van der Waals surface area contributed by atoms with Crippen LogP contribution in [-0.2, 0) is 0 Å². The van der Waals surface area contributed by atoms with E-state index in [2.05, 4.69) is 204 Å². The van der Waals surface area contributed by atoms with Crippen LogP contribution in [0.5, 0.6) is 0 Å². The number of rotatable bonds is 9. The van der Waals surface area contributed by atoms with Gasteiger partial charge in [-0.1, -0.05) is 118 Å². The lowest BCUT2D eigenvalue weighted by Gasteiger charge is -2.15. The Morgan fingerprint density at radius 3 is 1.19 bits per heavy atom. The maximum absolute atomic E-state index is 5.25. The molecule has 314 valence electrons. The molecule has 0 N–H and O–H groups in total. The Kier molecular flexibility index (Phi) is 10.3. The zero-order valence-electron chi connectivity index (χ0n) is 37.7. The number of nitrogens with zero attached hydrogens (tertiary/aromatic N) is 7. The van der Waals surface area contributed by atoms with Gasteiger partial charge in [0.15, 0.2) is 17.5 Å². The SMILES string of the molecule is Cc1cc(C)cc(-c2nc(-c3ccc(-c4nc5ccccc5n4-c4ccc(C(C)C)cc4)cc3C)nc(-c3ccc(-c4nc5ccccc5n4-c4ccc(C(C)C)cc4)cc3C)n2)c1. The van der Waals surface area contributed by atoms with E-state index in [1.165, 1.54) is 11.1 Å². The quantitative estimate of drug-likeness (QED) is 0.145. The molecule has 10 aromatic rings. The highest BCUT2D eigenvalue weighted by molar-refractivity contribution is 5.85. The van der Waals surface area contributed by atoms with Crippen molar-refractivity contribution in [2.24, 2.45) is 0 Å². The highest BCUT2D eigenvalue weighted by atomic mass is 15.1. The average molecular weight is 834 g/mol. The minimum atomic E-state index is 0.452. The molecular formula is C57H51N7. The fourth-order valence-electron chi connectivity index (χ4n) is 8.94. The molecule has 0 saturated carbocycles. The first-order valence-electron chi connectivity index (χ1n) is 22.2. The fraction of sp³-hybridized carbons (Fsp3) is 0.175. The fourth-order valence-corrected chi connectivity index (χ4v) is 8.94. The molecule has 10 rings (SSSR count). The number of aryl methyl sites for hydroxylation is 4. The van der Waals surface area contributed by atoms with Crippen LogP contribution in [0.2, 0.25) is 0 Å². The molecule has 0 fully saturated rings. The second-order valence-electron chi connectivity index (χ2n) is 17.8. The summed E-state index contributed by atoms with van der Waals surface area (Å²) in [4.78, 5) is 26.0. The molecule has 3 heterocycles. The number of hydrogen-bond donors (Lipinski definition) is 0. The third kappa shape index (κ3) is 7.47. The summed E-state index contributed by atoms with van der Waals surface area (Å²) in [6.45, 7) is 17.4. The minimum Gasteiger partial charge on any atom is -0.292 e. The van der Waals surface area contributed by atoms with Crippen LogP contribution in [-0.4, -0.2) is 34.1 Å². The summed E-state index contributed by atoms with van der Waals surface area (Å²) < 4.78 is 4.52. The predicted molar refractivity (Wildman–Crippen MR) is 263 cm³/mol. The number of imidazole rings is 2. The van der Waals surface area contributed by atoms with Crippen LogP contribution in [0.3, 0.4) is 0 Å². The van der Waals surface area contributed by atoms with Gasteiger partial charge in [-0.05, 0) is 135 Å². The van der Waals surface area contributed by atoms with Crippen LogP contribution in [0.25, 0.3) is 90.4 Å². The van der Waals surface area contributed by atoms with Gasteiger partial charge in [-0.3, -0.25) is 9.13 Å². The molecule has 0 saturated heterocycles. The van der Waals surface area contributed by atoms with E-state index in [1.807, 2.05) is 12.1 Å². The van der Waals surface area contributed by atoms with Crippen LogP contribution < -0.4 is 0 Å². The molecule has 0 aliphatic carbocycles.